The molecule has 232 valence electrons. The van der Waals surface area contributed by atoms with E-state index < -0.39 is 41.3 Å². The Bertz CT molecular complexity index is 1340. The topological polar surface area (TPSA) is 151 Å². The van der Waals surface area contributed by atoms with Crippen LogP contribution >= 0.6 is 0 Å². The maximum absolute atomic E-state index is 13.6. The molecule has 2 heterocycles. The number of carbonyl (C=O) groups is 4. The first-order chi connectivity index (χ1) is 20.3. The number of halogens is 1. The summed E-state index contributed by atoms with van der Waals surface area (Å²) in [4.78, 5) is 62.8. The van der Waals surface area contributed by atoms with Crippen molar-refractivity contribution in [3.8, 4) is 11.4 Å². The van der Waals surface area contributed by atoms with Gasteiger partial charge in [-0.05, 0) is 69.9 Å². The molecule has 3 atom stereocenters. The van der Waals surface area contributed by atoms with E-state index in [9.17, 15) is 28.7 Å². The number of amides is 3. The normalized spacial score (nSPS) is 19.0. The van der Waals surface area contributed by atoms with Gasteiger partial charge in [0.25, 0.3) is 5.91 Å². The summed E-state index contributed by atoms with van der Waals surface area (Å²) in [6.07, 6.45) is -0.393. The molecule has 1 saturated heterocycles. The van der Waals surface area contributed by atoms with Crippen molar-refractivity contribution in [2.75, 3.05) is 39.9 Å². The maximum Gasteiger partial charge on any atom is 0.407 e. The van der Waals surface area contributed by atoms with Crippen molar-refractivity contribution in [3.05, 3.63) is 47.5 Å². The number of piperazine rings is 1. The minimum absolute atomic E-state index is 0.0261. The number of hydrogen-bond acceptors (Lipinski definition) is 8. The second kappa shape index (κ2) is 13.4. The third-order valence-corrected chi connectivity index (χ3v) is 7.29. The zero-order chi connectivity index (χ0) is 31.3. The number of benzene rings is 1. The summed E-state index contributed by atoms with van der Waals surface area (Å²) in [5.74, 6) is -1.47. The predicted octanol–water partition coefficient (Wildman–Crippen LogP) is 3.08. The SMILES string of the molecule is COC[C@H]1C[C@@H]1c1cc(C(=O)N[C@@H](CCC(=O)OC(C)(C)C)C(=O)N2CCN(C(=O)O)CC2)nc(-c2ccc(F)cc2)n1. The Balaban J connectivity index is 1.58. The molecule has 3 amide bonds. The Morgan fingerprint density at radius 3 is 2.33 bits per heavy atom. The molecule has 0 unspecified atom stereocenters. The number of ether oxygens (including phenoxy) is 2. The number of aromatic nitrogens is 2. The van der Waals surface area contributed by atoms with Crippen molar-refractivity contribution in [1.29, 1.82) is 0 Å². The van der Waals surface area contributed by atoms with E-state index in [1.807, 2.05) is 0 Å². The fourth-order valence-corrected chi connectivity index (χ4v) is 4.99. The number of carboxylic acid groups (broad SMARTS) is 1. The first-order valence-corrected chi connectivity index (χ1v) is 14.3. The van der Waals surface area contributed by atoms with Crippen LogP contribution in [0.5, 0.6) is 0 Å². The number of esters is 1. The van der Waals surface area contributed by atoms with Gasteiger partial charge in [0.1, 0.15) is 23.2 Å². The number of nitrogens with zero attached hydrogens (tertiary/aromatic N) is 4. The van der Waals surface area contributed by atoms with Crippen molar-refractivity contribution < 1.29 is 38.1 Å². The summed E-state index contributed by atoms with van der Waals surface area (Å²) in [6, 6.07) is 6.12. The van der Waals surface area contributed by atoms with Gasteiger partial charge in [-0.3, -0.25) is 14.4 Å². The van der Waals surface area contributed by atoms with Crippen LogP contribution in [0.25, 0.3) is 11.4 Å². The van der Waals surface area contributed by atoms with E-state index in [0.29, 0.717) is 17.9 Å². The van der Waals surface area contributed by atoms with Crippen LogP contribution in [-0.4, -0.2) is 100 Å². The van der Waals surface area contributed by atoms with Crippen molar-refractivity contribution in [2.24, 2.45) is 5.92 Å². The van der Waals surface area contributed by atoms with Crippen molar-refractivity contribution in [2.45, 2.75) is 57.6 Å². The number of nitrogens with one attached hydrogen (secondary N) is 1. The zero-order valence-corrected chi connectivity index (χ0v) is 24.8. The lowest BCUT2D eigenvalue weighted by molar-refractivity contribution is -0.155. The average Bonchev–Trinajstić information content (AvgIpc) is 3.73. The zero-order valence-electron chi connectivity index (χ0n) is 24.8. The summed E-state index contributed by atoms with van der Waals surface area (Å²) in [6.45, 7) is 6.32. The van der Waals surface area contributed by atoms with Crippen molar-refractivity contribution >= 4 is 23.9 Å². The summed E-state index contributed by atoms with van der Waals surface area (Å²) in [5, 5.41) is 12.0. The van der Waals surface area contributed by atoms with Gasteiger partial charge >= 0.3 is 12.1 Å². The molecule has 2 aliphatic rings. The molecule has 2 fully saturated rings. The molecule has 1 aliphatic carbocycles. The van der Waals surface area contributed by atoms with Gasteiger partial charge in [-0.25, -0.2) is 19.2 Å². The van der Waals surface area contributed by atoms with Crippen LogP contribution in [0.4, 0.5) is 9.18 Å². The van der Waals surface area contributed by atoms with Gasteiger partial charge in [0.05, 0.1) is 0 Å². The first-order valence-electron chi connectivity index (χ1n) is 14.3. The monoisotopic (exact) mass is 599 g/mol. The van der Waals surface area contributed by atoms with Crippen LogP contribution in [0.15, 0.2) is 30.3 Å². The van der Waals surface area contributed by atoms with Crippen LogP contribution in [0.1, 0.15) is 62.1 Å². The molecular weight excluding hydrogens is 561 g/mol. The van der Waals surface area contributed by atoms with Gasteiger partial charge in [0, 0.05) is 63.5 Å². The highest BCUT2D eigenvalue weighted by Crippen LogP contribution is 2.47. The van der Waals surface area contributed by atoms with Crippen molar-refractivity contribution in [1.82, 2.24) is 25.1 Å². The molecule has 43 heavy (non-hydrogen) atoms. The Morgan fingerprint density at radius 1 is 1.07 bits per heavy atom. The number of hydrogen-bond donors (Lipinski definition) is 2. The van der Waals surface area contributed by atoms with Crippen LogP contribution in [-0.2, 0) is 19.1 Å². The summed E-state index contributed by atoms with van der Waals surface area (Å²) in [5.41, 5.74) is 0.473. The second-order valence-corrected chi connectivity index (χ2v) is 11.8. The number of rotatable bonds is 10. The van der Waals surface area contributed by atoms with E-state index in [0.717, 1.165) is 6.42 Å². The third kappa shape index (κ3) is 8.69. The quantitative estimate of drug-likeness (QED) is 0.393. The van der Waals surface area contributed by atoms with Gasteiger partial charge in [-0.2, -0.15) is 0 Å². The largest absolute Gasteiger partial charge is 0.465 e. The molecule has 13 heteroatoms. The van der Waals surface area contributed by atoms with E-state index in [4.69, 9.17) is 9.47 Å². The Labute approximate surface area is 249 Å². The van der Waals surface area contributed by atoms with Gasteiger partial charge in [-0.1, -0.05) is 0 Å². The minimum Gasteiger partial charge on any atom is -0.465 e. The molecular formula is C30H38FN5O7. The van der Waals surface area contributed by atoms with Gasteiger partial charge in [-0.15, -0.1) is 0 Å². The van der Waals surface area contributed by atoms with E-state index in [1.165, 1.54) is 34.1 Å². The van der Waals surface area contributed by atoms with Gasteiger partial charge in [0.15, 0.2) is 5.82 Å². The van der Waals surface area contributed by atoms with Crippen LogP contribution in [0.3, 0.4) is 0 Å². The minimum atomic E-state index is -1.09. The predicted molar refractivity (Wildman–Crippen MR) is 153 cm³/mol. The molecule has 4 rings (SSSR count). The fourth-order valence-electron chi connectivity index (χ4n) is 4.99. The highest BCUT2D eigenvalue weighted by Gasteiger charge is 2.40. The molecule has 1 aliphatic heterocycles. The fraction of sp³-hybridized carbons (Fsp3) is 0.533. The van der Waals surface area contributed by atoms with Crippen molar-refractivity contribution in [3.63, 3.8) is 0 Å². The first kappa shape index (κ1) is 31.8. The highest BCUT2D eigenvalue weighted by atomic mass is 19.1. The molecule has 1 aromatic carbocycles. The highest BCUT2D eigenvalue weighted by molar-refractivity contribution is 5.96. The molecule has 0 bridgehead atoms. The molecule has 2 aromatic rings. The maximum atomic E-state index is 13.6. The summed E-state index contributed by atoms with van der Waals surface area (Å²) >= 11 is 0. The van der Waals surface area contributed by atoms with Gasteiger partial charge in [0.2, 0.25) is 5.91 Å². The third-order valence-electron chi connectivity index (χ3n) is 7.29. The molecule has 1 saturated carbocycles. The second-order valence-electron chi connectivity index (χ2n) is 11.8. The average molecular weight is 600 g/mol. The number of methoxy groups -OCH3 is 1. The molecule has 12 nitrogen and oxygen atoms in total. The Morgan fingerprint density at radius 2 is 1.72 bits per heavy atom. The van der Waals surface area contributed by atoms with E-state index >= 15 is 0 Å². The smallest absolute Gasteiger partial charge is 0.407 e. The van der Waals surface area contributed by atoms with Gasteiger partial charge < -0.3 is 29.7 Å². The lowest BCUT2D eigenvalue weighted by atomic mass is 10.1. The van der Waals surface area contributed by atoms with E-state index in [1.54, 1.807) is 33.9 Å². The molecule has 0 spiro atoms. The molecule has 1 aromatic heterocycles. The van der Waals surface area contributed by atoms with E-state index in [2.05, 4.69) is 15.3 Å². The standard InChI is InChI=1S/C30H38FN5O7/c1-30(2,3)43-25(37)10-9-22(28(39)35-11-13-36(14-12-35)29(40)41)34-27(38)24-16-23(21-15-19(21)17-42-4)32-26(33-24)18-5-7-20(31)8-6-18/h5-8,16,19,21-22H,9-15,17H2,1-4H3,(H,34,38)(H,40,41)/t19-,21+,22+/m1/s1. The molecule has 2 N–H and O–H groups in total. The summed E-state index contributed by atoms with van der Waals surface area (Å²) in [7, 11) is 1.62. The van der Waals surface area contributed by atoms with E-state index in [-0.39, 0.29) is 62.4 Å². The Hall–Kier alpha value is -4.13. The Kier molecular flexibility index (Phi) is 9.95. The number of carbonyl (C=O) groups excluding carboxylic acids is 3. The van der Waals surface area contributed by atoms with Crippen LogP contribution in [0.2, 0.25) is 0 Å². The lowest BCUT2D eigenvalue weighted by Gasteiger charge is -2.35. The molecule has 0 radical (unpaired) electrons. The lowest BCUT2D eigenvalue weighted by Crippen LogP contribution is -2.55. The van der Waals surface area contributed by atoms with Crippen LogP contribution in [0, 0.1) is 11.7 Å². The van der Waals surface area contributed by atoms with Crippen LogP contribution < -0.4 is 5.32 Å². The summed E-state index contributed by atoms with van der Waals surface area (Å²) < 4.78 is 24.3.